The Morgan fingerprint density at radius 2 is 1.90 bits per heavy atom. The van der Waals surface area contributed by atoms with Gasteiger partial charge in [0.05, 0.1) is 5.41 Å². The fourth-order valence-electron chi connectivity index (χ4n) is 1.54. The summed E-state index contributed by atoms with van der Waals surface area (Å²) in [7, 11) is 0. The van der Waals surface area contributed by atoms with Gasteiger partial charge in [-0.25, -0.2) is 0 Å². The van der Waals surface area contributed by atoms with E-state index in [1.54, 1.807) is 19.9 Å². The fourth-order valence-corrected chi connectivity index (χ4v) is 1.54. The number of carboxylic acids is 1. The van der Waals surface area contributed by atoms with Crippen LogP contribution in [0.25, 0.3) is 0 Å². The molecule has 0 fully saturated rings. The van der Waals surface area contributed by atoms with Crippen LogP contribution in [-0.4, -0.2) is 29.4 Å². The van der Waals surface area contributed by atoms with Crippen LogP contribution >= 0.6 is 0 Å². The van der Waals surface area contributed by atoms with Gasteiger partial charge in [-0.3, -0.25) is 14.4 Å². The Morgan fingerprint density at radius 3 is 2.40 bits per heavy atom. The average molecular weight is 278 g/mol. The highest BCUT2D eigenvalue weighted by Gasteiger charge is 2.31. The molecule has 0 radical (unpaired) electrons. The number of carbonyl (C=O) groups excluding carboxylic acids is 2. The topological polar surface area (TPSA) is 109 Å². The minimum absolute atomic E-state index is 0.0124. The van der Waals surface area contributed by atoms with Crippen LogP contribution in [0.4, 0.5) is 0 Å². The summed E-state index contributed by atoms with van der Waals surface area (Å²) in [5, 5.41) is 11.7. The molecular formula is C14H18N2O4. The van der Waals surface area contributed by atoms with Crippen LogP contribution in [0, 0.1) is 5.41 Å². The summed E-state index contributed by atoms with van der Waals surface area (Å²) in [4.78, 5) is 34.1. The van der Waals surface area contributed by atoms with Crippen molar-refractivity contribution < 1.29 is 19.5 Å². The van der Waals surface area contributed by atoms with Gasteiger partial charge in [0, 0.05) is 17.7 Å². The van der Waals surface area contributed by atoms with Crippen molar-refractivity contribution in [3.8, 4) is 0 Å². The van der Waals surface area contributed by atoms with Gasteiger partial charge in [-0.05, 0) is 31.5 Å². The van der Waals surface area contributed by atoms with Crippen LogP contribution in [0.2, 0.25) is 0 Å². The number of benzene rings is 1. The van der Waals surface area contributed by atoms with Crippen molar-refractivity contribution in [2.75, 3.05) is 6.54 Å². The van der Waals surface area contributed by atoms with Crippen molar-refractivity contribution in [3.05, 3.63) is 35.4 Å². The molecule has 2 amide bonds. The van der Waals surface area contributed by atoms with Crippen LogP contribution in [0.15, 0.2) is 24.3 Å². The normalized spacial score (nSPS) is 13.3. The summed E-state index contributed by atoms with van der Waals surface area (Å²) in [6, 6.07) is 5.96. The SMILES string of the molecule is CCC(C)(CNC(=O)c1cccc(C(N)=O)c1)C(=O)O. The molecule has 1 atom stereocenters. The van der Waals surface area contributed by atoms with Gasteiger partial charge in [-0.2, -0.15) is 0 Å². The Bertz CT molecular complexity index is 542. The molecule has 6 heteroatoms. The second-order valence-corrected chi connectivity index (χ2v) is 4.85. The van der Waals surface area contributed by atoms with Crippen LogP contribution in [0.5, 0.6) is 0 Å². The van der Waals surface area contributed by atoms with Crippen LogP contribution < -0.4 is 11.1 Å². The molecular weight excluding hydrogens is 260 g/mol. The summed E-state index contributed by atoms with van der Waals surface area (Å²) in [5.41, 5.74) is 4.62. The molecule has 0 aromatic heterocycles. The van der Waals surface area contributed by atoms with Gasteiger partial charge >= 0.3 is 5.97 Å². The molecule has 20 heavy (non-hydrogen) atoms. The number of hydrogen-bond acceptors (Lipinski definition) is 3. The molecule has 0 aliphatic carbocycles. The molecule has 0 saturated heterocycles. The first kappa shape index (κ1) is 15.7. The maximum Gasteiger partial charge on any atom is 0.311 e. The number of hydrogen-bond donors (Lipinski definition) is 3. The van der Waals surface area contributed by atoms with Gasteiger partial charge in [-0.1, -0.05) is 13.0 Å². The van der Waals surface area contributed by atoms with E-state index in [-0.39, 0.29) is 17.7 Å². The maximum absolute atomic E-state index is 11.9. The van der Waals surface area contributed by atoms with E-state index in [0.29, 0.717) is 6.42 Å². The molecule has 6 nitrogen and oxygen atoms in total. The second-order valence-electron chi connectivity index (χ2n) is 4.85. The summed E-state index contributed by atoms with van der Waals surface area (Å²) in [6.07, 6.45) is 0.393. The highest BCUT2D eigenvalue weighted by atomic mass is 16.4. The van der Waals surface area contributed by atoms with Gasteiger partial charge < -0.3 is 16.2 Å². The first-order valence-corrected chi connectivity index (χ1v) is 6.21. The number of carbonyl (C=O) groups is 3. The van der Waals surface area contributed by atoms with Gasteiger partial charge in [0.25, 0.3) is 5.91 Å². The number of carboxylic acid groups (broad SMARTS) is 1. The lowest BCUT2D eigenvalue weighted by atomic mass is 9.87. The summed E-state index contributed by atoms with van der Waals surface area (Å²) in [6.45, 7) is 3.32. The van der Waals surface area contributed by atoms with Crippen molar-refractivity contribution in [1.82, 2.24) is 5.32 Å². The van der Waals surface area contributed by atoms with Crippen molar-refractivity contribution in [1.29, 1.82) is 0 Å². The minimum atomic E-state index is -1.02. The summed E-state index contributed by atoms with van der Waals surface area (Å²) in [5.74, 6) is -2.02. The Balaban J connectivity index is 2.79. The average Bonchev–Trinajstić information content (AvgIpc) is 2.44. The molecule has 0 saturated carbocycles. The second kappa shape index (κ2) is 6.18. The van der Waals surface area contributed by atoms with E-state index >= 15 is 0 Å². The zero-order chi connectivity index (χ0) is 15.3. The Hall–Kier alpha value is -2.37. The third-order valence-electron chi connectivity index (χ3n) is 3.35. The lowest BCUT2D eigenvalue weighted by Crippen LogP contribution is -2.40. The highest BCUT2D eigenvalue weighted by Crippen LogP contribution is 2.20. The van der Waals surface area contributed by atoms with Crippen molar-refractivity contribution in [3.63, 3.8) is 0 Å². The predicted octanol–water partition coefficient (Wildman–Crippen LogP) is 1.02. The van der Waals surface area contributed by atoms with E-state index in [2.05, 4.69) is 5.32 Å². The van der Waals surface area contributed by atoms with E-state index in [0.717, 1.165) is 0 Å². The molecule has 108 valence electrons. The molecule has 1 aromatic rings. The van der Waals surface area contributed by atoms with E-state index in [1.165, 1.54) is 18.2 Å². The molecule has 0 spiro atoms. The summed E-state index contributed by atoms with van der Waals surface area (Å²) < 4.78 is 0. The molecule has 0 heterocycles. The first-order valence-electron chi connectivity index (χ1n) is 6.21. The predicted molar refractivity (Wildman–Crippen MR) is 73.3 cm³/mol. The number of primary amides is 1. The van der Waals surface area contributed by atoms with E-state index < -0.39 is 23.2 Å². The van der Waals surface area contributed by atoms with Crippen LogP contribution in [0.3, 0.4) is 0 Å². The molecule has 0 aliphatic heterocycles. The smallest absolute Gasteiger partial charge is 0.311 e. The first-order chi connectivity index (χ1) is 9.30. The Morgan fingerprint density at radius 1 is 1.30 bits per heavy atom. The zero-order valence-electron chi connectivity index (χ0n) is 11.5. The van der Waals surface area contributed by atoms with Crippen molar-refractivity contribution in [2.24, 2.45) is 11.1 Å². The van der Waals surface area contributed by atoms with Gasteiger partial charge in [-0.15, -0.1) is 0 Å². The van der Waals surface area contributed by atoms with Gasteiger partial charge in [0.1, 0.15) is 0 Å². The van der Waals surface area contributed by atoms with E-state index in [4.69, 9.17) is 10.8 Å². The van der Waals surface area contributed by atoms with Gasteiger partial charge in [0.15, 0.2) is 0 Å². The molecule has 4 N–H and O–H groups in total. The monoisotopic (exact) mass is 278 g/mol. The standard InChI is InChI=1S/C14H18N2O4/c1-3-14(2,13(19)20)8-16-12(18)10-6-4-5-9(7-10)11(15)17/h4-7H,3,8H2,1-2H3,(H2,15,17)(H,16,18)(H,19,20). The third kappa shape index (κ3) is 3.57. The number of rotatable bonds is 6. The zero-order valence-corrected chi connectivity index (χ0v) is 11.5. The van der Waals surface area contributed by atoms with E-state index in [9.17, 15) is 14.4 Å². The number of aliphatic carboxylic acids is 1. The Labute approximate surface area is 117 Å². The number of nitrogens with two attached hydrogens (primary N) is 1. The minimum Gasteiger partial charge on any atom is -0.481 e. The van der Waals surface area contributed by atoms with Crippen LogP contribution in [-0.2, 0) is 4.79 Å². The molecule has 1 rings (SSSR count). The van der Waals surface area contributed by atoms with Crippen molar-refractivity contribution in [2.45, 2.75) is 20.3 Å². The lowest BCUT2D eigenvalue weighted by Gasteiger charge is -2.23. The number of amides is 2. The Kier molecular flexibility index (Phi) is 4.85. The quantitative estimate of drug-likeness (QED) is 0.721. The van der Waals surface area contributed by atoms with Crippen LogP contribution in [0.1, 0.15) is 41.0 Å². The highest BCUT2D eigenvalue weighted by molar-refractivity contribution is 5.99. The molecule has 0 aliphatic rings. The fraction of sp³-hybridized carbons (Fsp3) is 0.357. The third-order valence-corrected chi connectivity index (χ3v) is 3.35. The van der Waals surface area contributed by atoms with Gasteiger partial charge in [0.2, 0.25) is 5.91 Å². The molecule has 1 unspecified atom stereocenters. The molecule has 1 aromatic carbocycles. The number of nitrogens with one attached hydrogen (secondary N) is 1. The largest absolute Gasteiger partial charge is 0.481 e. The van der Waals surface area contributed by atoms with E-state index in [1.807, 2.05) is 0 Å². The summed E-state index contributed by atoms with van der Waals surface area (Å²) >= 11 is 0. The molecule has 0 bridgehead atoms. The lowest BCUT2D eigenvalue weighted by molar-refractivity contribution is -0.147. The maximum atomic E-state index is 11.9. The van der Waals surface area contributed by atoms with Crippen molar-refractivity contribution >= 4 is 17.8 Å².